The zero-order valence-electron chi connectivity index (χ0n) is 15.2. The summed E-state index contributed by atoms with van der Waals surface area (Å²) in [5.41, 5.74) is 0. The summed E-state index contributed by atoms with van der Waals surface area (Å²) in [4.78, 5) is 31.8. The molecule has 0 amide bonds. The van der Waals surface area contributed by atoms with Gasteiger partial charge in [-0.25, -0.2) is 0 Å². The Bertz CT molecular complexity index is 325. The highest BCUT2D eigenvalue weighted by atomic mass is 16.5. The molecule has 23 heavy (non-hydrogen) atoms. The van der Waals surface area contributed by atoms with E-state index in [-0.39, 0.29) is 23.8 Å². The molecule has 0 N–H and O–H groups in total. The molecule has 0 aromatic heterocycles. The molecule has 6 nitrogen and oxygen atoms in total. The maximum atomic E-state index is 11.2. The Morgan fingerprint density at radius 3 is 1.96 bits per heavy atom. The molecule has 0 aromatic rings. The van der Waals surface area contributed by atoms with Crippen molar-refractivity contribution in [1.82, 2.24) is 0 Å². The molecule has 0 saturated carbocycles. The highest BCUT2D eigenvalue weighted by Gasteiger charge is 2.02. The number of carbonyl (C=O) groups is 3. The number of ether oxygens (including phenoxy) is 3. The van der Waals surface area contributed by atoms with Crippen molar-refractivity contribution in [3.63, 3.8) is 0 Å². The minimum atomic E-state index is -0.213. The monoisotopic (exact) mass is 332 g/mol. The van der Waals surface area contributed by atoms with Gasteiger partial charge in [-0.15, -0.1) is 0 Å². The predicted molar refractivity (Wildman–Crippen MR) is 88.1 cm³/mol. The Kier molecular flexibility index (Phi) is 17.5. The van der Waals surface area contributed by atoms with E-state index in [0.717, 1.165) is 25.9 Å². The number of ketones is 1. The SMILES string of the molecule is CC(=O)OC(C)C.COCCCCCC(=O)OCCCC(C)=O. The van der Waals surface area contributed by atoms with E-state index in [4.69, 9.17) is 9.47 Å². The van der Waals surface area contributed by atoms with Crippen LogP contribution < -0.4 is 0 Å². The van der Waals surface area contributed by atoms with Crippen molar-refractivity contribution in [2.45, 2.75) is 72.3 Å². The molecule has 0 unspecified atom stereocenters. The second-order valence-electron chi connectivity index (χ2n) is 5.49. The third-order valence-electron chi connectivity index (χ3n) is 2.57. The van der Waals surface area contributed by atoms with Gasteiger partial charge in [0.1, 0.15) is 5.78 Å². The quantitative estimate of drug-likeness (QED) is 0.427. The zero-order chi connectivity index (χ0) is 18.1. The van der Waals surface area contributed by atoms with Gasteiger partial charge in [-0.2, -0.15) is 0 Å². The Balaban J connectivity index is 0. The standard InChI is InChI=1S/C12H22O4.C5H10O2/c1-11(13)7-6-10-16-12(14)8-4-3-5-9-15-2;1-4(2)7-5(3)6/h3-10H2,1-2H3;4H,1-3H3. The van der Waals surface area contributed by atoms with Gasteiger partial charge >= 0.3 is 11.9 Å². The minimum absolute atomic E-state index is 0.0255. The summed E-state index contributed by atoms with van der Waals surface area (Å²) in [6.07, 6.45) is 4.41. The Labute approximate surface area is 139 Å². The molecular formula is C17H32O6. The maximum Gasteiger partial charge on any atom is 0.305 e. The third-order valence-corrected chi connectivity index (χ3v) is 2.57. The number of rotatable bonds is 11. The van der Waals surface area contributed by atoms with Crippen LogP contribution in [0.1, 0.15) is 66.2 Å². The minimum Gasteiger partial charge on any atom is -0.466 e. The average molecular weight is 332 g/mol. The van der Waals surface area contributed by atoms with E-state index in [1.807, 2.05) is 13.8 Å². The second kappa shape index (κ2) is 16.9. The van der Waals surface area contributed by atoms with E-state index in [2.05, 4.69) is 4.74 Å². The van der Waals surface area contributed by atoms with Gasteiger partial charge in [0.2, 0.25) is 0 Å². The van der Waals surface area contributed by atoms with Crippen molar-refractivity contribution in [3.05, 3.63) is 0 Å². The van der Waals surface area contributed by atoms with Crippen molar-refractivity contribution >= 4 is 17.7 Å². The van der Waals surface area contributed by atoms with Crippen LogP contribution in [-0.4, -0.2) is 44.1 Å². The normalized spacial score (nSPS) is 9.83. The molecule has 0 bridgehead atoms. The van der Waals surface area contributed by atoms with Crippen molar-refractivity contribution in [3.8, 4) is 0 Å². The van der Waals surface area contributed by atoms with Crippen LogP contribution >= 0.6 is 0 Å². The van der Waals surface area contributed by atoms with Gasteiger partial charge in [-0.1, -0.05) is 6.42 Å². The fraction of sp³-hybridized carbons (Fsp3) is 0.824. The highest BCUT2D eigenvalue weighted by Crippen LogP contribution is 2.02. The van der Waals surface area contributed by atoms with Crippen molar-refractivity contribution in [2.24, 2.45) is 0 Å². The van der Waals surface area contributed by atoms with Crippen LogP contribution in [0, 0.1) is 0 Å². The number of esters is 2. The fourth-order valence-electron chi connectivity index (χ4n) is 1.60. The number of hydrogen-bond donors (Lipinski definition) is 0. The van der Waals surface area contributed by atoms with Crippen LogP contribution in [0.4, 0.5) is 0 Å². The molecular weight excluding hydrogens is 300 g/mol. The van der Waals surface area contributed by atoms with Gasteiger partial charge in [0.05, 0.1) is 12.7 Å². The average Bonchev–Trinajstić information content (AvgIpc) is 2.42. The lowest BCUT2D eigenvalue weighted by Gasteiger charge is -2.03. The molecule has 136 valence electrons. The number of hydrogen-bond acceptors (Lipinski definition) is 6. The largest absolute Gasteiger partial charge is 0.466 e. The summed E-state index contributed by atoms with van der Waals surface area (Å²) in [7, 11) is 1.67. The van der Waals surface area contributed by atoms with Crippen LogP contribution in [0.5, 0.6) is 0 Å². The summed E-state index contributed by atoms with van der Waals surface area (Å²) < 4.78 is 14.5. The van der Waals surface area contributed by atoms with Crippen LogP contribution in [0.3, 0.4) is 0 Å². The molecule has 0 heterocycles. The second-order valence-corrected chi connectivity index (χ2v) is 5.49. The molecule has 0 aromatic carbocycles. The summed E-state index contributed by atoms with van der Waals surface area (Å²) in [5, 5.41) is 0. The van der Waals surface area contributed by atoms with Gasteiger partial charge in [-0.05, 0) is 40.0 Å². The lowest BCUT2D eigenvalue weighted by atomic mass is 10.2. The van der Waals surface area contributed by atoms with Gasteiger partial charge in [-0.3, -0.25) is 9.59 Å². The van der Waals surface area contributed by atoms with Crippen molar-refractivity contribution < 1.29 is 28.6 Å². The molecule has 0 atom stereocenters. The van der Waals surface area contributed by atoms with Crippen LogP contribution in [0.15, 0.2) is 0 Å². The van der Waals surface area contributed by atoms with E-state index in [1.165, 1.54) is 13.8 Å². The summed E-state index contributed by atoms with van der Waals surface area (Å²) >= 11 is 0. The van der Waals surface area contributed by atoms with Gasteiger partial charge in [0.15, 0.2) is 0 Å². The van der Waals surface area contributed by atoms with E-state index in [9.17, 15) is 14.4 Å². The van der Waals surface area contributed by atoms with Crippen LogP contribution in [0.25, 0.3) is 0 Å². The molecule has 0 aliphatic carbocycles. The van der Waals surface area contributed by atoms with Gasteiger partial charge in [0.25, 0.3) is 0 Å². The molecule has 0 aliphatic rings. The molecule has 0 radical (unpaired) electrons. The predicted octanol–water partition coefficient (Wildman–Crippen LogP) is 3.06. The molecule has 0 spiro atoms. The van der Waals surface area contributed by atoms with Gasteiger partial charge in [0, 0.05) is 33.5 Å². The zero-order valence-corrected chi connectivity index (χ0v) is 15.2. The maximum absolute atomic E-state index is 11.2. The van der Waals surface area contributed by atoms with E-state index in [0.29, 0.717) is 25.9 Å². The first kappa shape index (κ1) is 23.8. The summed E-state index contributed by atoms with van der Waals surface area (Å²) in [5.74, 6) is -0.244. The fourth-order valence-corrected chi connectivity index (χ4v) is 1.60. The van der Waals surface area contributed by atoms with Crippen molar-refractivity contribution in [1.29, 1.82) is 0 Å². The first-order valence-corrected chi connectivity index (χ1v) is 8.10. The third kappa shape index (κ3) is 25.8. The number of carbonyl (C=O) groups excluding carboxylic acids is 3. The van der Waals surface area contributed by atoms with E-state index >= 15 is 0 Å². The smallest absolute Gasteiger partial charge is 0.305 e. The Hall–Kier alpha value is -1.43. The lowest BCUT2D eigenvalue weighted by Crippen LogP contribution is -2.06. The van der Waals surface area contributed by atoms with Crippen molar-refractivity contribution in [2.75, 3.05) is 20.3 Å². The number of Topliss-reactive ketones (excluding diaryl/α,β-unsaturated/α-hetero) is 1. The molecule has 0 fully saturated rings. The Morgan fingerprint density at radius 1 is 0.870 bits per heavy atom. The van der Waals surface area contributed by atoms with Crippen LogP contribution in [0.2, 0.25) is 0 Å². The van der Waals surface area contributed by atoms with E-state index in [1.54, 1.807) is 7.11 Å². The van der Waals surface area contributed by atoms with E-state index < -0.39 is 0 Å². The number of unbranched alkanes of at least 4 members (excludes halogenated alkanes) is 2. The Morgan fingerprint density at radius 2 is 1.52 bits per heavy atom. The molecule has 6 heteroatoms. The highest BCUT2D eigenvalue weighted by molar-refractivity contribution is 5.75. The van der Waals surface area contributed by atoms with Crippen LogP contribution in [-0.2, 0) is 28.6 Å². The summed E-state index contributed by atoms with van der Waals surface area (Å²) in [6, 6.07) is 0. The lowest BCUT2D eigenvalue weighted by molar-refractivity contribution is -0.145. The molecule has 0 rings (SSSR count). The molecule has 0 aliphatic heterocycles. The number of methoxy groups -OCH3 is 1. The summed E-state index contributed by atoms with van der Waals surface area (Å²) in [6.45, 7) is 7.69. The first-order valence-electron chi connectivity index (χ1n) is 8.10. The molecule has 0 saturated heterocycles. The van der Waals surface area contributed by atoms with Gasteiger partial charge < -0.3 is 19.0 Å². The first-order chi connectivity index (χ1) is 10.8. The topological polar surface area (TPSA) is 78.9 Å².